The third kappa shape index (κ3) is 4.08. The van der Waals surface area contributed by atoms with E-state index in [1.165, 1.54) is 11.3 Å². The van der Waals surface area contributed by atoms with Gasteiger partial charge in [0.1, 0.15) is 11.5 Å². The first-order chi connectivity index (χ1) is 13.1. The van der Waals surface area contributed by atoms with Gasteiger partial charge in [-0.3, -0.25) is 9.20 Å². The van der Waals surface area contributed by atoms with Crippen molar-refractivity contribution in [2.75, 3.05) is 27.8 Å². The van der Waals surface area contributed by atoms with E-state index in [1.807, 2.05) is 41.2 Å². The number of amides is 1. The second-order valence-corrected chi connectivity index (χ2v) is 7.25. The summed E-state index contributed by atoms with van der Waals surface area (Å²) in [5.74, 6) is 1.60. The molecular formula is C20H25N3O3S. The molecule has 1 amide bonds. The molecule has 0 spiro atoms. The molecule has 7 heteroatoms. The molecule has 2 heterocycles. The minimum absolute atomic E-state index is 0.123. The SMILES string of the molecule is CCCCN(C)C(=O)Cc1csc2nc(-c3cc(OC)ccc3OC)cn12. The van der Waals surface area contributed by atoms with Crippen molar-refractivity contribution in [3.05, 3.63) is 35.5 Å². The van der Waals surface area contributed by atoms with Gasteiger partial charge in [-0.15, -0.1) is 11.3 Å². The molecule has 0 bridgehead atoms. The lowest BCUT2D eigenvalue weighted by molar-refractivity contribution is -0.129. The van der Waals surface area contributed by atoms with E-state index < -0.39 is 0 Å². The fourth-order valence-corrected chi connectivity index (χ4v) is 3.78. The van der Waals surface area contributed by atoms with Crippen LogP contribution in [0.3, 0.4) is 0 Å². The van der Waals surface area contributed by atoms with Crippen molar-refractivity contribution in [3.63, 3.8) is 0 Å². The van der Waals surface area contributed by atoms with Crippen molar-refractivity contribution in [2.45, 2.75) is 26.2 Å². The lowest BCUT2D eigenvalue weighted by Crippen LogP contribution is -2.29. The van der Waals surface area contributed by atoms with Crippen LogP contribution in [0.5, 0.6) is 11.5 Å². The van der Waals surface area contributed by atoms with Gasteiger partial charge in [0.05, 0.1) is 26.3 Å². The van der Waals surface area contributed by atoms with Crippen molar-refractivity contribution < 1.29 is 14.3 Å². The number of carbonyl (C=O) groups excluding carboxylic acids is 1. The molecule has 0 unspecified atom stereocenters. The Bertz CT molecular complexity index is 932. The Balaban J connectivity index is 1.89. The van der Waals surface area contributed by atoms with Crippen LogP contribution in [0.25, 0.3) is 16.2 Å². The minimum Gasteiger partial charge on any atom is -0.497 e. The van der Waals surface area contributed by atoms with Gasteiger partial charge in [-0.1, -0.05) is 13.3 Å². The molecule has 3 rings (SSSR count). The average molecular weight is 388 g/mol. The minimum atomic E-state index is 0.123. The number of fused-ring (bicyclic) bond motifs is 1. The van der Waals surface area contributed by atoms with Gasteiger partial charge >= 0.3 is 0 Å². The van der Waals surface area contributed by atoms with Gasteiger partial charge in [0.25, 0.3) is 0 Å². The molecule has 0 radical (unpaired) electrons. The molecule has 0 aliphatic heterocycles. The van der Waals surface area contributed by atoms with Crippen molar-refractivity contribution in [1.29, 1.82) is 0 Å². The van der Waals surface area contributed by atoms with Gasteiger partial charge in [-0.25, -0.2) is 4.98 Å². The van der Waals surface area contributed by atoms with Crippen molar-refractivity contribution in [2.24, 2.45) is 0 Å². The topological polar surface area (TPSA) is 56.1 Å². The van der Waals surface area contributed by atoms with E-state index in [0.717, 1.165) is 52.8 Å². The number of unbranched alkanes of at least 4 members (excludes halogenated alkanes) is 1. The predicted molar refractivity (Wildman–Crippen MR) is 108 cm³/mol. The van der Waals surface area contributed by atoms with Gasteiger partial charge in [0.2, 0.25) is 5.91 Å². The van der Waals surface area contributed by atoms with E-state index in [-0.39, 0.29) is 5.91 Å². The highest BCUT2D eigenvalue weighted by molar-refractivity contribution is 7.15. The Hall–Kier alpha value is -2.54. The lowest BCUT2D eigenvalue weighted by Gasteiger charge is -2.16. The van der Waals surface area contributed by atoms with Gasteiger partial charge in [0, 0.05) is 36.4 Å². The molecule has 27 heavy (non-hydrogen) atoms. The van der Waals surface area contributed by atoms with E-state index >= 15 is 0 Å². The number of rotatable bonds is 8. The monoisotopic (exact) mass is 387 g/mol. The number of aromatic nitrogens is 2. The largest absolute Gasteiger partial charge is 0.497 e. The maximum Gasteiger partial charge on any atom is 0.228 e. The first-order valence-electron chi connectivity index (χ1n) is 8.99. The second-order valence-electron chi connectivity index (χ2n) is 6.42. The molecule has 0 saturated carbocycles. The van der Waals surface area contributed by atoms with Crippen LogP contribution >= 0.6 is 11.3 Å². The smallest absolute Gasteiger partial charge is 0.228 e. The summed E-state index contributed by atoms with van der Waals surface area (Å²) in [6, 6.07) is 5.64. The number of imidazole rings is 1. The molecule has 0 atom stereocenters. The van der Waals surface area contributed by atoms with Gasteiger partial charge < -0.3 is 14.4 Å². The Morgan fingerprint density at radius 1 is 1.30 bits per heavy atom. The van der Waals surface area contributed by atoms with Crippen LogP contribution in [0.4, 0.5) is 0 Å². The highest BCUT2D eigenvalue weighted by Crippen LogP contribution is 2.34. The quantitative estimate of drug-likeness (QED) is 0.589. The van der Waals surface area contributed by atoms with E-state index in [1.54, 1.807) is 19.1 Å². The standard InChI is InChI=1S/C20H25N3O3S/c1-5-6-9-22(2)19(24)10-14-13-27-20-21-17(12-23(14)20)16-11-15(25-3)7-8-18(16)26-4/h7-8,11-13H,5-6,9-10H2,1-4H3. The number of nitrogens with zero attached hydrogens (tertiary/aromatic N) is 3. The molecule has 2 aromatic heterocycles. The number of hydrogen-bond acceptors (Lipinski definition) is 5. The van der Waals surface area contributed by atoms with Gasteiger partial charge in [-0.2, -0.15) is 0 Å². The molecule has 0 aliphatic rings. The van der Waals surface area contributed by atoms with Crippen LogP contribution in [0.1, 0.15) is 25.5 Å². The molecule has 0 fully saturated rings. The third-order valence-corrected chi connectivity index (χ3v) is 5.46. The summed E-state index contributed by atoms with van der Waals surface area (Å²) < 4.78 is 12.8. The van der Waals surface area contributed by atoms with Crippen molar-refractivity contribution in [1.82, 2.24) is 14.3 Å². The Morgan fingerprint density at radius 2 is 2.11 bits per heavy atom. The maximum atomic E-state index is 12.5. The summed E-state index contributed by atoms with van der Waals surface area (Å²) in [6.07, 6.45) is 4.42. The molecule has 3 aromatic rings. The highest BCUT2D eigenvalue weighted by Gasteiger charge is 2.17. The average Bonchev–Trinajstić information content (AvgIpc) is 3.27. The van der Waals surface area contributed by atoms with Crippen molar-refractivity contribution in [3.8, 4) is 22.8 Å². The fourth-order valence-electron chi connectivity index (χ4n) is 2.91. The fraction of sp³-hybridized carbons (Fsp3) is 0.400. The molecule has 1 aromatic carbocycles. The van der Waals surface area contributed by atoms with Crippen LogP contribution in [0, 0.1) is 0 Å². The normalized spacial score (nSPS) is 11.0. The Morgan fingerprint density at radius 3 is 2.81 bits per heavy atom. The number of benzene rings is 1. The number of likely N-dealkylation sites (N-methyl/N-ethyl adjacent to an activating group) is 1. The third-order valence-electron chi connectivity index (χ3n) is 4.57. The van der Waals surface area contributed by atoms with Gasteiger partial charge in [-0.05, 0) is 24.6 Å². The highest BCUT2D eigenvalue weighted by atomic mass is 32.1. The zero-order valence-electron chi connectivity index (χ0n) is 16.2. The first kappa shape index (κ1) is 19.2. The number of hydrogen-bond donors (Lipinski definition) is 0. The summed E-state index contributed by atoms with van der Waals surface area (Å²) in [7, 11) is 5.14. The summed E-state index contributed by atoms with van der Waals surface area (Å²) in [5, 5.41) is 2.00. The van der Waals surface area contributed by atoms with Crippen LogP contribution < -0.4 is 9.47 Å². The molecule has 0 aliphatic carbocycles. The lowest BCUT2D eigenvalue weighted by atomic mass is 10.1. The van der Waals surface area contributed by atoms with Crippen LogP contribution in [0.2, 0.25) is 0 Å². The summed E-state index contributed by atoms with van der Waals surface area (Å²) in [4.78, 5) is 19.8. The number of thiazole rings is 1. The van der Waals surface area contributed by atoms with E-state index in [4.69, 9.17) is 14.5 Å². The molecule has 0 saturated heterocycles. The van der Waals surface area contributed by atoms with Crippen LogP contribution in [0.15, 0.2) is 29.8 Å². The Kier molecular flexibility index (Phi) is 6.01. The van der Waals surface area contributed by atoms with Crippen LogP contribution in [-0.4, -0.2) is 48.0 Å². The maximum absolute atomic E-state index is 12.5. The van der Waals surface area contributed by atoms with Crippen LogP contribution in [-0.2, 0) is 11.2 Å². The predicted octanol–water partition coefficient (Wildman–Crippen LogP) is 3.88. The second kappa shape index (κ2) is 8.43. The number of methoxy groups -OCH3 is 2. The molecule has 0 N–H and O–H groups in total. The first-order valence-corrected chi connectivity index (χ1v) is 9.87. The number of carbonyl (C=O) groups is 1. The molecule has 6 nitrogen and oxygen atoms in total. The summed E-state index contributed by atoms with van der Waals surface area (Å²) in [6.45, 7) is 2.92. The van der Waals surface area contributed by atoms with Gasteiger partial charge in [0.15, 0.2) is 4.96 Å². The zero-order chi connectivity index (χ0) is 19.4. The van der Waals surface area contributed by atoms with E-state index in [9.17, 15) is 4.79 Å². The van der Waals surface area contributed by atoms with Crippen molar-refractivity contribution >= 4 is 22.2 Å². The number of ether oxygens (including phenoxy) is 2. The van der Waals surface area contributed by atoms with E-state index in [2.05, 4.69) is 6.92 Å². The summed E-state index contributed by atoms with van der Waals surface area (Å²) >= 11 is 1.53. The molecular weight excluding hydrogens is 362 g/mol. The Labute approximate surface area is 163 Å². The zero-order valence-corrected chi connectivity index (χ0v) is 17.0. The molecule has 144 valence electrons. The van der Waals surface area contributed by atoms with E-state index in [0.29, 0.717) is 6.42 Å². The summed E-state index contributed by atoms with van der Waals surface area (Å²) in [5.41, 5.74) is 2.61.